The van der Waals surface area contributed by atoms with E-state index in [9.17, 15) is 21.6 Å². The van der Waals surface area contributed by atoms with Crippen molar-refractivity contribution in [1.82, 2.24) is 0 Å². The average molecular weight is 452 g/mol. The summed E-state index contributed by atoms with van der Waals surface area (Å²) in [6.07, 6.45) is -4.93. The van der Waals surface area contributed by atoms with Crippen LogP contribution in [0.3, 0.4) is 0 Å². The fourth-order valence-electron chi connectivity index (χ4n) is 4.21. The summed E-state index contributed by atoms with van der Waals surface area (Å²) in [5, 5.41) is 12.7. The Kier molecular flexibility index (Phi) is 5.02. The number of benzene rings is 2. The molecule has 2 heterocycles. The van der Waals surface area contributed by atoms with Crippen LogP contribution in [0.15, 0.2) is 56.5 Å². The van der Waals surface area contributed by atoms with E-state index in [0.29, 0.717) is 11.5 Å². The quantitative estimate of drug-likeness (QED) is 0.720. The maximum Gasteiger partial charge on any atom is 0.417 e. The molecule has 2 N–H and O–H groups in total. The first kappa shape index (κ1) is 21.6. The number of aliphatic imine (C=N–C) groups is 1. The van der Waals surface area contributed by atoms with Crippen LogP contribution in [0, 0.1) is 0 Å². The number of hydrogen-bond acceptors (Lipinski definition) is 5. The summed E-state index contributed by atoms with van der Waals surface area (Å²) in [4.78, 5) is 2.93. The van der Waals surface area contributed by atoms with Gasteiger partial charge in [-0.05, 0) is 22.8 Å². The summed E-state index contributed by atoms with van der Waals surface area (Å²) >= 11 is 0. The number of primary sulfonamides is 1. The number of nitrogens with zero attached hydrogens (tertiary/aromatic N) is 4. The molecule has 2 aromatic rings. The Labute approximate surface area is 177 Å². The van der Waals surface area contributed by atoms with Gasteiger partial charge in [0.2, 0.25) is 10.0 Å². The van der Waals surface area contributed by atoms with Crippen molar-refractivity contribution in [2.24, 2.45) is 20.4 Å². The van der Waals surface area contributed by atoms with Gasteiger partial charge in [0.25, 0.3) is 0 Å². The van der Waals surface area contributed by atoms with E-state index in [1.165, 1.54) is 6.07 Å². The topological polar surface area (TPSA) is 97.2 Å². The number of likely N-dealkylation sites (N-methyl/N-ethyl adjacent to an activating group) is 1. The molecule has 0 radical (unpaired) electrons. The van der Waals surface area contributed by atoms with Crippen LogP contribution in [0.2, 0.25) is 0 Å². The normalized spacial score (nSPS) is 18.7. The molecular weight excluding hydrogens is 431 g/mol. The highest BCUT2D eigenvalue weighted by Gasteiger charge is 2.40. The Morgan fingerprint density at radius 1 is 1.06 bits per heavy atom. The summed E-state index contributed by atoms with van der Waals surface area (Å²) in [6, 6.07) is 9.30. The highest BCUT2D eigenvalue weighted by molar-refractivity contribution is 7.89. The molecule has 0 spiro atoms. The third-order valence-electron chi connectivity index (χ3n) is 5.54. The number of likely N-dealkylation sites (tertiary alicyclic amines) is 1. The molecule has 31 heavy (non-hydrogen) atoms. The first-order valence-corrected chi connectivity index (χ1v) is 11.0. The lowest BCUT2D eigenvalue weighted by Crippen LogP contribution is -2.56. The van der Waals surface area contributed by atoms with Crippen molar-refractivity contribution in [3.05, 3.63) is 53.1 Å². The fourth-order valence-corrected chi connectivity index (χ4v) is 5.18. The van der Waals surface area contributed by atoms with Gasteiger partial charge in [-0.25, -0.2) is 18.5 Å². The summed E-state index contributed by atoms with van der Waals surface area (Å²) in [5.74, 6) is 0.219. The number of azo groups is 1. The second kappa shape index (κ2) is 7.21. The Morgan fingerprint density at radius 2 is 1.71 bits per heavy atom. The first-order chi connectivity index (χ1) is 14.4. The second-order valence-corrected chi connectivity index (χ2v) is 9.89. The Bertz CT molecular complexity index is 1190. The van der Waals surface area contributed by atoms with E-state index in [0.717, 1.165) is 29.2 Å². The predicted octanol–water partition coefficient (Wildman–Crippen LogP) is 3.36. The van der Waals surface area contributed by atoms with Crippen molar-refractivity contribution < 1.29 is 26.1 Å². The lowest BCUT2D eigenvalue weighted by atomic mass is 9.88. The third-order valence-corrected chi connectivity index (χ3v) is 6.54. The molecule has 0 amide bonds. The highest BCUT2D eigenvalue weighted by atomic mass is 32.2. The maximum absolute atomic E-state index is 13.6. The fraction of sp³-hybridized carbons (Fsp3) is 0.350. The Morgan fingerprint density at radius 3 is 2.19 bits per heavy atom. The summed E-state index contributed by atoms with van der Waals surface area (Å²) in [5.41, 5.74) is 0.264. The van der Waals surface area contributed by atoms with Gasteiger partial charge in [-0.15, -0.1) is 5.11 Å². The van der Waals surface area contributed by atoms with Crippen LogP contribution < -0.4 is 5.14 Å². The van der Waals surface area contributed by atoms with Crippen molar-refractivity contribution in [1.29, 1.82) is 0 Å². The van der Waals surface area contributed by atoms with Crippen LogP contribution >= 0.6 is 0 Å². The number of hydrogen-bond donors (Lipinski definition) is 1. The van der Waals surface area contributed by atoms with Crippen molar-refractivity contribution in [2.45, 2.75) is 17.0 Å². The molecule has 7 nitrogen and oxygen atoms in total. The number of alkyl halides is 3. The number of rotatable bonds is 4. The lowest BCUT2D eigenvalue weighted by Gasteiger charge is -2.44. The van der Waals surface area contributed by atoms with E-state index in [1.807, 2.05) is 12.1 Å². The smallest absolute Gasteiger partial charge is 0.327 e. The molecule has 0 atom stereocenters. The predicted molar refractivity (Wildman–Crippen MR) is 109 cm³/mol. The summed E-state index contributed by atoms with van der Waals surface area (Å²) in [7, 11) is -0.461. The minimum absolute atomic E-state index is 0.0935. The third kappa shape index (κ3) is 4.12. The maximum atomic E-state index is 13.6. The summed E-state index contributed by atoms with van der Waals surface area (Å²) < 4.78 is 66.3. The molecule has 0 bridgehead atoms. The zero-order chi connectivity index (χ0) is 22.6. The molecule has 1 fully saturated rings. The molecule has 0 saturated carbocycles. The first-order valence-electron chi connectivity index (χ1n) is 9.48. The number of quaternary nitrogens is 1. The highest BCUT2D eigenvalue weighted by Crippen LogP contribution is 2.40. The zero-order valence-corrected chi connectivity index (χ0v) is 17.7. The molecule has 0 aromatic heterocycles. The van der Waals surface area contributed by atoms with Gasteiger partial charge in [0.15, 0.2) is 12.5 Å². The van der Waals surface area contributed by atoms with Crippen molar-refractivity contribution in [3.63, 3.8) is 0 Å². The second-order valence-electron chi connectivity index (χ2n) is 8.39. The average Bonchev–Trinajstić information content (AvgIpc) is 3.18. The number of nitrogens with two attached hydrogens (primary N) is 1. The minimum atomic E-state index is -4.93. The number of amidine groups is 1. The van der Waals surface area contributed by atoms with E-state index in [2.05, 4.69) is 29.3 Å². The van der Waals surface area contributed by atoms with Crippen LogP contribution in [0.5, 0.6) is 0 Å². The van der Waals surface area contributed by atoms with Crippen molar-refractivity contribution in [2.75, 3.05) is 33.9 Å². The molecule has 2 aromatic carbocycles. The monoisotopic (exact) mass is 452 g/mol. The van der Waals surface area contributed by atoms with Gasteiger partial charge in [-0.2, -0.15) is 18.3 Å². The Hall–Kier alpha value is -2.63. The molecule has 0 unspecified atom stereocenters. The van der Waals surface area contributed by atoms with E-state index in [1.54, 1.807) is 12.1 Å². The van der Waals surface area contributed by atoms with Crippen molar-refractivity contribution >= 4 is 15.9 Å². The molecule has 4 rings (SSSR count). The summed E-state index contributed by atoms with van der Waals surface area (Å²) in [6.45, 7) is 1.90. The minimum Gasteiger partial charge on any atom is -0.327 e. The van der Waals surface area contributed by atoms with Gasteiger partial charge in [-0.3, -0.25) is 0 Å². The van der Waals surface area contributed by atoms with Gasteiger partial charge >= 0.3 is 6.18 Å². The van der Waals surface area contributed by atoms with Gasteiger partial charge in [0, 0.05) is 5.56 Å². The Balaban J connectivity index is 1.88. The van der Waals surface area contributed by atoms with Crippen LogP contribution in [0.1, 0.15) is 22.6 Å². The molecular formula is C20H21F3N5O2S+. The molecule has 164 valence electrons. The zero-order valence-electron chi connectivity index (χ0n) is 16.9. The molecule has 2 aliphatic heterocycles. The van der Waals surface area contributed by atoms with Crippen molar-refractivity contribution in [3.8, 4) is 11.1 Å². The molecule has 1 saturated heterocycles. The molecule has 11 heteroatoms. The standard InChI is InChI=1S/C20H21F3N5O2S/c1-28(2)9-14(10-28)12-3-5-13(6-4-12)15-7-8-16(20(21,22)23)18(31(24,29)30)17(15)19-25-11-26-27-19/h3-8,14H,9-11H2,1-2H3,(H2,24,29,30)/q+1. The molecule has 0 aliphatic carbocycles. The number of sulfonamides is 1. The number of halogens is 3. The SMILES string of the molecule is C[N+]1(C)CC(c2ccc(-c3ccc(C(F)(F)F)c(S(N)(=O)=O)c3C3=NCN=N3)cc2)C1. The van der Waals surface area contributed by atoms with Crippen LogP contribution in [-0.2, 0) is 16.2 Å². The van der Waals surface area contributed by atoms with Gasteiger partial charge in [-0.1, -0.05) is 30.3 Å². The van der Waals surface area contributed by atoms with Gasteiger partial charge < -0.3 is 4.48 Å². The van der Waals surface area contributed by atoms with Gasteiger partial charge in [0.1, 0.15) is 4.90 Å². The van der Waals surface area contributed by atoms with E-state index < -0.39 is 26.7 Å². The van der Waals surface area contributed by atoms with Gasteiger partial charge in [0.05, 0.1) is 38.7 Å². The van der Waals surface area contributed by atoms with Crippen LogP contribution in [0.4, 0.5) is 13.2 Å². The largest absolute Gasteiger partial charge is 0.417 e. The van der Waals surface area contributed by atoms with Crippen LogP contribution in [-0.4, -0.2) is 52.6 Å². The van der Waals surface area contributed by atoms with E-state index in [4.69, 9.17) is 5.14 Å². The molecule has 2 aliphatic rings. The lowest BCUT2D eigenvalue weighted by molar-refractivity contribution is -0.932. The van der Waals surface area contributed by atoms with Crippen LogP contribution in [0.25, 0.3) is 11.1 Å². The van der Waals surface area contributed by atoms with E-state index in [-0.39, 0.29) is 23.6 Å². The van der Waals surface area contributed by atoms with E-state index >= 15 is 0 Å².